The molecule has 0 unspecified atom stereocenters. The van der Waals surface area contributed by atoms with Crippen molar-refractivity contribution in [1.82, 2.24) is 5.32 Å². The van der Waals surface area contributed by atoms with Crippen molar-refractivity contribution >= 4 is 5.78 Å². The molecular weight excluding hydrogens is 478 g/mol. The summed E-state index contributed by atoms with van der Waals surface area (Å²) in [6.07, 6.45) is 19.3. The average Bonchev–Trinajstić information content (AvgIpc) is 2.89. The van der Waals surface area contributed by atoms with Crippen molar-refractivity contribution in [3.8, 4) is 0 Å². The summed E-state index contributed by atoms with van der Waals surface area (Å²) in [4.78, 5) is 12.5. The molecule has 1 aliphatic heterocycles. The quantitative estimate of drug-likeness (QED) is 0.108. The van der Waals surface area contributed by atoms with Gasteiger partial charge in [-0.15, -0.1) is 0 Å². The van der Waals surface area contributed by atoms with E-state index in [-0.39, 0.29) is 31.0 Å². The zero-order valence-corrected chi connectivity index (χ0v) is 25.1. The van der Waals surface area contributed by atoms with E-state index in [4.69, 9.17) is 9.47 Å². The minimum Gasteiger partial charge on any atom is -0.394 e. The van der Waals surface area contributed by atoms with Crippen LogP contribution in [0.25, 0.3) is 0 Å². The maximum atomic E-state index is 12.5. The molecule has 0 aromatic carbocycles. The fraction of sp³-hybridized carbons (Fsp3) is 0.906. The Morgan fingerprint density at radius 2 is 1.34 bits per heavy atom. The van der Waals surface area contributed by atoms with Crippen LogP contribution in [0.3, 0.4) is 0 Å². The summed E-state index contributed by atoms with van der Waals surface area (Å²) in [6, 6.07) is -0.324. The first kappa shape index (κ1) is 35.1. The fourth-order valence-corrected chi connectivity index (χ4v) is 5.39. The number of hydrogen-bond donors (Lipinski definition) is 3. The van der Waals surface area contributed by atoms with Gasteiger partial charge < -0.3 is 25.0 Å². The first-order valence-electron chi connectivity index (χ1n) is 16.0. The van der Waals surface area contributed by atoms with Crippen molar-refractivity contribution in [3.05, 3.63) is 12.3 Å². The van der Waals surface area contributed by atoms with Crippen LogP contribution in [0.5, 0.6) is 0 Å². The number of ether oxygens (including phenoxy) is 2. The van der Waals surface area contributed by atoms with Crippen LogP contribution in [0.1, 0.15) is 143 Å². The Labute approximate surface area is 234 Å². The molecular formula is C32H61NO5. The Bertz CT molecular complexity index is 598. The number of carbonyl (C=O) groups excluding carboxylic acids is 1. The van der Waals surface area contributed by atoms with Crippen molar-refractivity contribution in [2.24, 2.45) is 0 Å². The lowest BCUT2D eigenvalue weighted by Gasteiger charge is -2.44. The number of rotatable bonds is 25. The average molecular weight is 540 g/mol. The molecule has 0 amide bonds. The molecule has 224 valence electrons. The molecule has 0 spiro atoms. The normalized spacial score (nSPS) is 23.4. The van der Waals surface area contributed by atoms with Gasteiger partial charge in [0.15, 0.2) is 0 Å². The first-order chi connectivity index (χ1) is 18.4. The van der Waals surface area contributed by atoms with Gasteiger partial charge in [-0.2, -0.15) is 0 Å². The molecule has 6 nitrogen and oxygen atoms in total. The van der Waals surface area contributed by atoms with Crippen molar-refractivity contribution in [3.63, 3.8) is 0 Å². The summed E-state index contributed by atoms with van der Waals surface area (Å²) >= 11 is 0. The number of allylic oxidation sites excluding steroid dienone is 1. The zero-order valence-electron chi connectivity index (χ0n) is 25.1. The summed E-state index contributed by atoms with van der Waals surface area (Å²) in [5, 5.41) is 23.8. The Balaban J connectivity index is 2.37. The Morgan fingerprint density at radius 1 is 0.842 bits per heavy atom. The summed E-state index contributed by atoms with van der Waals surface area (Å²) in [5.41, 5.74) is 0.640. The lowest BCUT2D eigenvalue weighted by Crippen LogP contribution is -2.63. The fourth-order valence-electron chi connectivity index (χ4n) is 5.39. The maximum Gasteiger partial charge on any atom is 0.138 e. The molecule has 1 aliphatic rings. The Hall–Kier alpha value is -0.950. The van der Waals surface area contributed by atoms with Crippen molar-refractivity contribution in [2.45, 2.75) is 173 Å². The van der Waals surface area contributed by atoms with E-state index in [1.165, 1.54) is 83.5 Å². The minimum atomic E-state index is -0.937. The third-order valence-corrected chi connectivity index (χ3v) is 7.80. The van der Waals surface area contributed by atoms with Gasteiger partial charge in [0, 0.05) is 25.1 Å². The van der Waals surface area contributed by atoms with Crippen LogP contribution in [0, 0.1) is 0 Å². The van der Waals surface area contributed by atoms with Crippen LogP contribution in [0.4, 0.5) is 0 Å². The second-order valence-electron chi connectivity index (χ2n) is 11.4. The number of ketones is 1. The predicted molar refractivity (Wildman–Crippen MR) is 157 cm³/mol. The van der Waals surface area contributed by atoms with Gasteiger partial charge in [0.2, 0.25) is 0 Å². The second kappa shape index (κ2) is 22.8. The van der Waals surface area contributed by atoms with Crippen LogP contribution in [-0.2, 0) is 14.3 Å². The number of Topliss-reactive ketones (excluding diaryl/α,β-unsaturated/α-hetero) is 1. The molecule has 0 saturated carbocycles. The molecule has 1 fully saturated rings. The summed E-state index contributed by atoms with van der Waals surface area (Å²) in [5.74, 6) is 0.194. The number of hydrogen-bond acceptors (Lipinski definition) is 6. The van der Waals surface area contributed by atoms with Gasteiger partial charge in [-0.25, -0.2) is 0 Å². The molecule has 0 radical (unpaired) electrons. The number of carbonyl (C=O) groups is 1. The summed E-state index contributed by atoms with van der Waals surface area (Å²) in [7, 11) is 0. The molecule has 0 aliphatic carbocycles. The smallest absolute Gasteiger partial charge is 0.138 e. The van der Waals surface area contributed by atoms with Gasteiger partial charge in [0.05, 0.1) is 18.8 Å². The molecule has 3 N–H and O–H groups in total. The Kier molecular flexibility index (Phi) is 21.1. The molecule has 0 aromatic heterocycles. The Morgan fingerprint density at radius 3 is 1.87 bits per heavy atom. The van der Waals surface area contributed by atoms with Gasteiger partial charge in [0.1, 0.15) is 24.1 Å². The van der Waals surface area contributed by atoms with Crippen LogP contribution in [-0.4, -0.2) is 59.7 Å². The van der Waals surface area contributed by atoms with E-state index in [1.54, 1.807) is 0 Å². The molecule has 1 saturated heterocycles. The monoisotopic (exact) mass is 539 g/mol. The number of aliphatic hydroxyl groups is 2. The first-order valence-corrected chi connectivity index (χ1v) is 16.0. The van der Waals surface area contributed by atoms with Crippen molar-refractivity contribution in [1.29, 1.82) is 0 Å². The summed E-state index contributed by atoms with van der Waals surface area (Å²) < 4.78 is 12.0. The summed E-state index contributed by atoms with van der Waals surface area (Å²) in [6.45, 7) is 10.8. The maximum absolute atomic E-state index is 12.5. The SMILES string of the molecule is C=C(CC(=O)CCCCCCCCCCC)N[C@@H]1[C@@H](OCCCCCCCCCC)[C@H](O)[C@@H](CO)O[C@@H]1C. The highest BCUT2D eigenvalue weighted by Crippen LogP contribution is 2.25. The van der Waals surface area contributed by atoms with Gasteiger partial charge in [-0.3, -0.25) is 4.79 Å². The zero-order chi connectivity index (χ0) is 28.0. The molecule has 38 heavy (non-hydrogen) atoms. The van der Waals surface area contributed by atoms with Crippen LogP contribution < -0.4 is 5.32 Å². The molecule has 0 aromatic rings. The van der Waals surface area contributed by atoms with Crippen LogP contribution in [0.15, 0.2) is 12.3 Å². The van der Waals surface area contributed by atoms with Gasteiger partial charge in [0.25, 0.3) is 0 Å². The van der Waals surface area contributed by atoms with Crippen LogP contribution in [0.2, 0.25) is 0 Å². The lowest BCUT2D eigenvalue weighted by atomic mass is 9.92. The minimum absolute atomic E-state index is 0.194. The highest BCUT2D eigenvalue weighted by molar-refractivity contribution is 5.80. The van der Waals surface area contributed by atoms with E-state index in [2.05, 4.69) is 25.7 Å². The lowest BCUT2D eigenvalue weighted by molar-refractivity contribution is -0.202. The topological polar surface area (TPSA) is 88.0 Å². The van der Waals surface area contributed by atoms with Crippen molar-refractivity contribution in [2.75, 3.05) is 13.2 Å². The standard InChI is InChI=1S/C32H61NO5/c1-5-7-9-11-13-15-16-18-20-22-28(35)24-26(3)33-30-27(4)38-29(25-34)31(36)32(30)37-23-21-19-17-14-12-10-8-6-2/h27,29-34,36H,3,5-25H2,1-2,4H3/t27-,29-,30+,31-,32-/m1/s1. The number of aliphatic hydroxyl groups excluding tert-OH is 2. The van der Waals surface area contributed by atoms with E-state index < -0.39 is 18.3 Å². The highest BCUT2D eigenvalue weighted by Gasteiger charge is 2.44. The van der Waals surface area contributed by atoms with Gasteiger partial charge in [-0.05, 0) is 19.8 Å². The van der Waals surface area contributed by atoms with E-state index >= 15 is 0 Å². The third kappa shape index (κ3) is 15.6. The van der Waals surface area contributed by atoms with E-state index in [0.29, 0.717) is 18.7 Å². The van der Waals surface area contributed by atoms with Crippen molar-refractivity contribution < 1.29 is 24.5 Å². The largest absolute Gasteiger partial charge is 0.394 e. The molecule has 1 rings (SSSR count). The molecule has 5 atom stereocenters. The number of unbranched alkanes of at least 4 members (excludes halogenated alkanes) is 15. The molecule has 6 heteroatoms. The molecule has 0 bridgehead atoms. The number of nitrogens with one attached hydrogen (secondary N) is 1. The third-order valence-electron chi connectivity index (χ3n) is 7.80. The molecule has 1 heterocycles. The predicted octanol–water partition coefficient (Wildman–Crippen LogP) is 7.00. The second-order valence-corrected chi connectivity index (χ2v) is 11.4. The van der Waals surface area contributed by atoms with Gasteiger partial charge >= 0.3 is 0 Å². The highest BCUT2D eigenvalue weighted by atomic mass is 16.6. The van der Waals surface area contributed by atoms with E-state index in [9.17, 15) is 15.0 Å². The van der Waals surface area contributed by atoms with E-state index in [1.807, 2.05) is 6.92 Å². The van der Waals surface area contributed by atoms with E-state index in [0.717, 1.165) is 25.7 Å². The van der Waals surface area contributed by atoms with Gasteiger partial charge in [-0.1, -0.05) is 117 Å². The van der Waals surface area contributed by atoms with Crippen LogP contribution >= 0.6 is 0 Å².